The number of nitrogen functional groups attached to an aromatic ring is 1. The van der Waals surface area contributed by atoms with Gasteiger partial charge < -0.3 is 15.5 Å². The van der Waals surface area contributed by atoms with Crippen molar-refractivity contribution in [2.75, 3.05) is 5.73 Å². The molecule has 1 aliphatic rings. The van der Waals surface area contributed by atoms with E-state index in [9.17, 15) is 28.5 Å². The number of pyridine rings is 1. The molecule has 32 heavy (non-hydrogen) atoms. The van der Waals surface area contributed by atoms with Gasteiger partial charge in [0.1, 0.15) is 34.8 Å². The second kappa shape index (κ2) is 7.71. The fourth-order valence-electron chi connectivity index (χ4n) is 3.15. The van der Waals surface area contributed by atoms with Crippen LogP contribution >= 0.6 is 0 Å². The lowest BCUT2D eigenvalue weighted by Crippen LogP contribution is -2.16. The maximum atomic E-state index is 13.2. The number of aromatic nitrogens is 3. The molecule has 0 aliphatic heterocycles. The Morgan fingerprint density at radius 3 is 2.31 bits per heavy atom. The number of nitrogens with one attached hydrogen (secondary N) is 1. The summed E-state index contributed by atoms with van der Waals surface area (Å²) in [6.45, 7) is 0. The Bertz CT molecular complexity index is 1350. The molecule has 3 aromatic rings. The Morgan fingerprint density at radius 2 is 1.75 bits per heavy atom. The summed E-state index contributed by atoms with van der Waals surface area (Å²) in [5.41, 5.74) is 4.14. The quantitative estimate of drug-likeness (QED) is 0.630. The maximum Gasteiger partial charge on any atom is 0.433 e. The highest BCUT2D eigenvalue weighted by Crippen LogP contribution is 2.41. The van der Waals surface area contributed by atoms with Crippen molar-refractivity contribution in [3.8, 4) is 35.0 Å². The lowest BCUT2D eigenvalue weighted by Gasteiger charge is -2.12. The number of ether oxygens (including phenoxy) is 1. The molecule has 0 spiro atoms. The summed E-state index contributed by atoms with van der Waals surface area (Å²) in [5.74, 6) is -0.0966. The topological polar surface area (TPSA) is 141 Å². The van der Waals surface area contributed by atoms with Gasteiger partial charge in [0.05, 0.1) is 5.69 Å². The third kappa shape index (κ3) is 3.96. The Balaban J connectivity index is 1.70. The summed E-state index contributed by atoms with van der Waals surface area (Å²) < 4.78 is 45.0. The van der Waals surface area contributed by atoms with Gasteiger partial charge in [-0.1, -0.05) is 12.1 Å². The van der Waals surface area contributed by atoms with E-state index in [1.165, 1.54) is 24.3 Å². The molecule has 1 aromatic carbocycles. The minimum atomic E-state index is -4.64. The number of hydrogen-bond donors (Lipinski definition) is 2. The predicted molar refractivity (Wildman–Crippen MR) is 105 cm³/mol. The summed E-state index contributed by atoms with van der Waals surface area (Å²) in [6.07, 6.45) is -3.13. The van der Waals surface area contributed by atoms with Gasteiger partial charge in [0.2, 0.25) is 0 Å². The van der Waals surface area contributed by atoms with Gasteiger partial charge >= 0.3 is 12.2 Å². The van der Waals surface area contributed by atoms with Gasteiger partial charge in [-0.15, -0.1) is 0 Å². The van der Waals surface area contributed by atoms with Crippen LogP contribution in [0.15, 0.2) is 35.1 Å². The number of anilines is 1. The van der Waals surface area contributed by atoms with Gasteiger partial charge in [-0.3, -0.25) is 4.79 Å². The first-order chi connectivity index (χ1) is 15.2. The summed E-state index contributed by atoms with van der Waals surface area (Å²) in [7, 11) is 0. The lowest BCUT2D eigenvalue weighted by molar-refractivity contribution is -0.141. The van der Waals surface area contributed by atoms with Crippen molar-refractivity contribution in [2.24, 2.45) is 0 Å². The van der Waals surface area contributed by atoms with E-state index in [1.54, 1.807) is 6.07 Å². The van der Waals surface area contributed by atoms with E-state index in [-0.39, 0.29) is 39.9 Å². The number of rotatable bonds is 4. The van der Waals surface area contributed by atoms with Crippen molar-refractivity contribution < 1.29 is 17.9 Å². The Kier molecular flexibility index (Phi) is 5.03. The van der Waals surface area contributed by atoms with E-state index in [0.29, 0.717) is 5.56 Å². The molecule has 11 heteroatoms. The number of benzene rings is 1. The third-order valence-corrected chi connectivity index (χ3v) is 4.83. The van der Waals surface area contributed by atoms with Crippen molar-refractivity contribution >= 4 is 5.82 Å². The second-order valence-electron chi connectivity index (χ2n) is 7.08. The highest BCUT2D eigenvalue weighted by atomic mass is 19.4. The Hall–Kier alpha value is -4.38. The first-order valence-corrected chi connectivity index (χ1v) is 9.31. The van der Waals surface area contributed by atoms with Crippen LogP contribution in [0.2, 0.25) is 0 Å². The molecule has 0 saturated heterocycles. The molecule has 0 amide bonds. The number of halogens is 3. The number of alkyl halides is 3. The molecule has 160 valence electrons. The smallest absolute Gasteiger partial charge is 0.424 e. The van der Waals surface area contributed by atoms with Crippen LogP contribution in [-0.2, 0) is 6.18 Å². The van der Waals surface area contributed by atoms with Crippen LogP contribution in [0.1, 0.15) is 41.3 Å². The van der Waals surface area contributed by atoms with E-state index < -0.39 is 23.4 Å². The van der Waals surface area contributed by atoms with E-state index >= 15 is 0 Å². The van der Waals surface area contributed by atoms with Gasteiger partial charge in [-0.2, -0.15) is 33.7 Å². The SMILES string of the molecule is N#Cc1c(N)[nH]c(=O)c(C#N)c1-c1ccc(Oc2nc(C3CC3)cc(C(F)(F)F)n2)cc1. The number of aromatic amines is 1. The largest absolute Gasteiger partial charge is 0.433 e. The standard InChI is InChI=1S/C21H13F3N6O2/c22-21(23,24)16-7-15(10-1-2-10)28-20(29-16)32-12-5-3-11(4-6-12)17-13(8-25)18(27)30-19(31)14(17)9-26/h3-7,10H,1-2H2,(H3,27,30,31). The van der Waals surface area contributed by atoms with Gasteiger partial charge in [0.15, 0.2) is 5.69 Å². The van der Waals surface area contributed by atoms with Crippen molar-refractivity contribution in [1.82, 2.24) is 15.0 Å². The maximum absolute atomic E-state index is 13.2. The van der Waals surface area contributed by atoms with Crippen LogP contribution in [0.25, 0.3) is 11.1 Å². The van der Waals surface area contributed by atoms with Crippen LogP contribution in [0.4, 0.5) is 19.0 Å². The molecule has 8 nitrogen and oxygen atoms in total. The van der Waals surface area contributed by atoms with Crippen LogP contribution in [0.5, 0.6) is 11.8 Å². The number of hydrogen-bond acceptors (Lipinski definition) is 7. The number of nitriles is 2. The van der Waals surface area contributed by atoms with E-state index in [2.05, 4.69) is 15.0 Å². The van der Waals surface area contributed by atoms with Crippen LogP contribution in [0, 0.1) is 22.7 Å². The zero-order valence-electron chi connectivity index (χ0n) is 16.2. The predicted octanol–water partition coefficient (Wildman–Crippen LogP) is 3.85. The van der Waals surface area contributed by atoms with Crippen molar-refractivity contribution in [3.63, 3.8) is 0 Å². The van der Waals surface area contributed by atoms with Crippen LogP contribution in [0.3, 0.4) is 0 Å². The Morgan fingerprint density at radius 1 is 1.09 bits per heavy atom. The molecule has 1 saturated carbocycles. The van der Waals surface area contributed by atoms with E-state index in [0.717, 1.165) is 18.9 Å². The Labute approximate surface area is 178 Å². The minimum Gasteiger partial charge on any atom is -0.424 e. The number of nitrogens with two attached hydrogens (primary N) is 1. The number of H-pyrrole nitrogens is 1. The van der Waals surface area contributed by atoms with Crippen LogP contribution < -0.4 is 16.0 Å². The van der Waals surface area contributed by atoms with Gasteiger partial charge in [0.25, 0.3) is 5.56 Å². The zero-order chi connectivity index (χ0) is 23.0. The molecule has 0 radical (unpaired) electrons. The average molecular weight is 438 g/mol. The van der Waals surface area contributed by atoms with Gasteiger partial charge in [0, 0.05) is 11.5 Å². The third-order valence-electron chi connectivity index (χ3n) is 4.83. The zero-order valence-corrected chi connectivity index (χ0v) is 16.2. The van der Waals surface area contributed by atoms with Crippen molar-refractivity contribution in [1.29, 1.82) is 10.5 Å². The summed E-state index contributed by atoms with van der Waals surface area (Å²) >= 11 is 0. The molecule has 2 aromatic heterocycles. The summed E-state index contributed by atoms with van der Waals surface area (Å²) in [4.78, 5) is 21.8. The monoisotopic (exact) mass is 438 g/mol. The fourth-order valence-corrected chi connectivity index (χ4v) is 3.15. The van der Waals surface area contributed by atoms with Gasteiger partial charge in [-0.05, 0) is 36.6 Å². The summed E-state index contributed by atoms with van der Waals surface area (Å²) in [6, 6.07) is 9.79. The van der Waals surface area contributed by atoms with E-state index in [1.807, 2.05) is 6.07 Å². The molecule has 4 rings (SSSR count). The first kappa shape index (κ1) is 20.9. The molecule has 0 bridgehead atoms. The van der Waals surface area contributed by atoms with Gasteiger partial charge in [-0.25, -0.2) is 0 Å². The average Bonchev–Trinajstić information content (AvgIpc) is 3.58. The van der Waals surface area contributed by atoms with Crippen LogP contribution in [-0.4, -0.2) is 15.0 Å². The second-order valence-corrected chi connectivity index (χ2v) is 7.08. The molecular weight excluding hydrogens is 425 g/mol. The molecule has 2 heterocycles. The van der Waals surface area contributed by atoms with Crippen molar-refractivity contribution in [2.45, 2.75) is 24.9 Å². The molecule has 0 unspecified atom stereocenters. The molecule has 1 fully saturated rings. The fraction of sp³-hybridized carbons (Fsp3) is 0.190. The molecule has 3 N–H and O–H groups in total. The van der Waals surface area contributed by atoms with Crippen molar-refractivity contribution in [3.05, 3.63) is 63.2 Å². The molecular formula is C21H13F3N6O2. The molecule has 1 aliphatic carbocycles. The minimum absolute atomic E-state index is 0.0423. The normalized spacial score (nSPS) is 13.3. The lowest BCUT2D eigenvalue weighted by atomic mass is 9.97. The highest BCUT2D eigenvalue weighted by Gasteiger charge is 2.36. The summed E-state index contributed by atoms with van der Waals surface area (Å²) in [5, 5.41) is 18.7. The highest BCUT2D eigenvalue weighted by molar-refractivity contribution is 5.80. The first-order valence-electron chi connectivity index (χ1n) is 9.31. The number of nitrogens with zero attached hydrogens (tertiary/aromatic N) is 4. The van der Waals surface area contributed by atoms with E-state index in [4.69, 9.17) is 10.5 Å². The molecule has 0 atom stereocenters.